The van der Waals surface area contributed by atoms with Crippen LogP contribution in [0.4, 0.5) is 5.69 Å². The van der Waals surface area contributed by atoms with Crippen molar-refractivity contribution in [1.82, 2.24) is 9.21 Å². The number of nitrogens with one attached hydrogen (secondary N) is 1. The molecule has 9 heteroatoms. The minimum Gasteiger partial charge on any atom is -0.479 e. The number of fused-ring (bicyclic) bond motifs is 1. The molecule has 0 radical (unpaired) electrons. The number of aryl methyl sites for hydroxylation is 1. The standard InChI is InChI=1S/C26H33N3O5S/c1-17(2)29(15-20-9-6-5-7-10-20)26(31)21-11-8-12-28(16-21)35(32,33)24-14-23-22(13-18(24)3)27-25(30)19(4)34-23/h5-7,9-10,13-14,17,19,21H,8,11-12,15-16H2,1-4H3,(H,27,30)/t19-,21-/m1/s1. The Labute approximate surface area is 207 Å². The van der Waals surface area contributed by atoms with Gasteiger partial charge >= 0.3 is 0 Å². The summed E-state index contributed by atoms with van der Waals surface area (Å²) in [7, 11) is -3.86. The lowest BCUT2D eigenvalue weighted by Gasteiger charge is -2.36. The van der Waals surface area contributed by atoms with Gasteiger partial charge in [-0.05, 0) is 57.7 Å². The molecule has 1 N–H and O–H groups in total. The maximum atomic E-state index is 13.7. The Bertz CT molecular complexity index is 1210. The van der Waals surface area contributed by atoms with Crippen LogP contribution in [0.15, 0.2) is 47.4 Å². The van der Waals surface area contributed by atoms with E-state index in [1.165, 1.54) is 10.4 Å². The van der Waals surface area contributed by atoms with E-state index in [0.717, 1.165) is 5.56 Å². The third-order valence-electron chi connectivity index (χ3n) is 6.66. The van der Waals surface area contributed by atoms with Gasteiger partial charge in [-0.25, -0.2) is 8.42 Å². The molecule has 2 aromatic carbocycles. The van der Waals surface area contributed by atoms with E-state index in [-0.39, 0.29) is 29.3 Å². The molecule has 2 aliphatic heterocycles. The van der Waals surface area contributed by atoms with Crippen LogP contribution in [0.3, 0.4) is 0 Å². The van der Waals surface area contributed by atoms with E-state index in [0.29, 0.717) is 42.9 Å². The predicted molar refractivity (Wildman–Crippen MR) is 134 cm³/mol. The first-order valence-electron chi connectivity index (χ1n) is 12.0. The number of carbonyl (C=O) groups is 2. The van der Waals surface area contributed by atoms with E-state index in [1.54, 1.807) is 19.9 Å². The number of sulfonamides is 1. The molecule has 2 atom stereocenters. The van der Waals surface area contributed by atoms with E-state index < -0.39 is 22.0 Å². The lowest BCUT2D eigenvalue weighted by atomic mass is 9.97. The summed E-state index contributed by atoms with van der Waals surface area (Å²) in [4.78, 5) is 27.4. The molecule has 2 heterocycles. The van der Waals surface area contributed by atoms with Gasteiger partial charge in [0.15, 0.2) is 6.10 Å². The molecule has 0 aromatic heterocycles. The van der Waals surface area contributed by atoms with Crippen molar-refractivity contribution in [3.8, 4) is 5.75 Å². The topological polar surface area (TPSA) is 96.0 Å². The fourth-order valence-corrected chi connectivity index (χ4v) is 6.40. The maximum absolute atomic E-state index is 13.7. The highest BCUT2D eigenvalue weighted by molar-refractivity contribution is 7.89. The molecule has 0 aliphatic carbocycles. The maximum Gasteiger partial charge on any atom is 0.265 e. The molecule has 2 aromatic rings. The molecule has 35 heavy (non-hydrogen) atoms. The smallest absolute Gasteiger partial charge is 0.265 e. The number of rotatable bonds is 6. The van der Waals surface area contributed by atoms with Crippen LogP contribution in [-0.4, -0.2) is 54.7 Å². The zero-order valence-electron chi connectivity index (χ0n) is 20.7. The summed E-state index contributed by atoms with van der Waals surface area (Å²) in [6.07, 6.45) is 0.559. The number of piperidine rings is 1. The predicted octanol–water partition coefficient (Wildman–Crippen LogP) is 3.55. The molecule has 2 amide bonds. The number of benzene rings is 2. The number of nitrogens with zero attached hydrogens (tertiary/aromatic N) is 2. The summed E-state index contributed by atoms with van der Waals surface area (Å²) in [5.74, 6) is -0.362. The van der Waals surface area contributed by atoms with Crippen LogP contribution < -0.4 is 10.1 Å². The number of hydrogen-bond acceptors (Lipinski definition) is 5. The molecule has 2 aliphatic rings. The summed E-state index contributed by atoms with van der Waals surface area (Å²) in [6.45, 7) is 8.27. The van der Waals surface area contributed by atoms with E-state index in [2.05, 4.69) is 5.32 Å². The fourth-order valence-electron chi connectivity index (χ4n) is 4.65. The molecule has 0 bridgehead atoms. The summed E-state index contributed by atoms with van der Waals surface area (Å²) >= 11 is 0. The molecule has 0 saturated carbocycles. The van der Waals surface area contributed by atoms with Crippen molar-refractivity contribution in [2.24, 2.45) is 5.92 Å². The van der Waals surface area contributed by atoms with Gasteiger partial charge in [0.25, 0.3) is 5.91 Å². The van der Waals surface area contributed by atoms with Crippen LogP contribution in [0.25, 0.3) is 0 Å². The molecule has 4 rings (SSSR count). The Morgan fingerprint density at radius 3 is 2.63 bits per heavy atom. The monoisotopic (exact) mass is 499 g/mol. The molecule has 0 unspecified atom stereocenters. The van der Waals surface area contributed by atoms with E-state index >= 15 is 0 Å². The van der Waals surface area contributed by atoms with E-state index in [9.17, 15) is 18.0 Å². The van der Waals surface area contributed by atoms with Gasteiger partial charge in [0, 0.05) is 31.7 Å². The average Bonchev–Trinajstić information content (AvgIpc) is 2.83. The van der Waals surface area contributed by atoms with Crippen LogP contribution in [0.2, 0.25) is 0 Å². The number of ether oxygens (including phenoxy) is 1. The first kappa shape index (κ1) is 25.2. The zero-order valence-corrected chi connectivity index (χ0v) is 21.5. The largest absolute Gasteiger partial charge is 0.479 e. The van der Waals surface area contributed by atoms with Gasteiger partial charge in [-0.15, -0.1) is 0 Å². The van der Waals surface area contributed by atoms with Gasteiger partial charge in [0.1, 0.15) is 5.75 Å². The Morgan fingerprint density at radius 1 is 1.23 bits per heavy atom. The third-order valence-corrected chi connectivity index (χ3v) is 8.67. The highest BCUT2D eigenvalue weighted by atomic mass is 32.2. The average molecular weight is 500 g/mol. The SMILES string of the molecule is Cc1cc2c(cc1S(=O)(=O)N1CCC[C@@H](C(=O)N(Cc3ccccc3)C(C)C)C1)O[C@H](C)C(=O)N2. The third kappa shape index (κ3) is 5.21. The van der Waals surface area contributed by atoms with Crippen molar-refractivity contribution in [1.29, 1.82) is 0 Å². The number of amides is 2. The Kier molecular flexibility index (Phi) is 7.19. The molecule has 1 fully saturated rings. The van der Waals surface area contributed by atoms with Gasteiger partial charge in [-0.1, -0.05) is 30.3 Å². The molecule has 0 spiro atoms. The van der Waals surface area contributed by atoms with Crippen molar-refractivity contribution in [2.45, 2.75) is 64.1 Å². The number of hydrogen-bond donors (Lipinski definition) is 1. The number of anilines is 1. The second-order valence-electron chi connectivity index (χ2n) is 9.61. The van der Waals surface area contributed by atoms with E-state index in [1.807, 2.05) is 49.1 Å². The number of carbonyl (C=O) groups excluding carboxylic acids is 2. The van der Waals surface area contributed by atoms with Gasteiger partial charge in [0.05, 0.1) is 16.5 Å². The van der Waals surface area contributed by atoms with Gasteiger partial charge in [-0.3, -0.25) is 9.59 Å². The molecule has 1 saturated heterocycles. The molecular weight excluding hydrogens is 466 g/mol. The van der Waals surface area contributed by atoms with Crippen LogP contribution in [0, 0.1) is 12.8 Å². The molecule has 188 valence electrons. The Hall–Kier alpha value is -2.91. The quantitative estimate of drug-likeness (QED) is 0.656. The zero-order chi connectivity index (χ0) is 25.3. The van der Waals surface area contributed by atoms with Gasteiger partial charge in [0.2, 0.25) is 15.9 Å². The first-order chi connectivity index (χ1) is 16.6. The Balaban J connectivity index is 1.56. The van der Waals surface area contributed by atoms with Crippen LogP contribution in [0.5, 0.6) is 5.75 Å². The first-order valence-corrected chi connectivity index (χ1v) is 13.5. The summed E-state index contributed by atoms with van der Waals surface area (Å²) < 4.78 is 34.4. The lowest BCUT2D eigenvalue weighted by Crippen LogP contribution is -2.48. The van der Waals surface area contributed by atoms with Crippen molar-refractivity contribution in [3.63, 3.8) is 0 Å². The van der Waals surface area contributed by atoms with Crippen molar-refractivity contribution in [3.05, 3.63) is 53.6 Å². The van der Waals surface area contributed by atoms with Crippen LogP contribution in [-0.2, 0) is 26.2 Å². The van der Waals surface area contributed by atoms with Crippen molar-refractivity contribution >= 4 is 27.5 Å². The van der Waals surface area contributed by atoms with E-state index in [4.69, 9.17) is 4.74 Å². The van der Waals surface area contributed by atoms with Crippen LogP contribution >= 0.6 is 0 Å². The second kappa shape index (κ2) is 9.99. The summed E-state index contributed by atoms with van der Waals surface area (Å²) in [5, 5.41) is 2.75. The van der Waals surface area contributed by atoms with Gasteiger partial charge < -0.3 is 15.0 Å². The highest BCUT2D eigenvalue weighted by Crippen LogP contribution is 2.36. The minimum absolute atomic E-state index is 0.00747. The summed E-state index contributed by atoms with van der Waals surface area (Å²) in [5.41, 5.74) is 2.02. The molecular formula is C26H33N3O5S. The Morgan fingerprint density at radius 2 is 1.94 bits per heavy atom. The second-order valence-corrected chi connectivity index (χ2v) is 11.5. The minimum atomic E-state index is -3.86. The highest BCUT2D eigenvalue weighted by Gasteiger charge is 2.37. The summed E-state index contributed by atoms with van der Waals surface area (Å²) in [6, 6.07) is 12.9. The van der Waals surface area contributed by atoms with Crippen molar-refractivity contribution < 1.29 is 22.7 Å². The fraction of sp³-hybridized carbons (Fsp3) is 0.462. The van der Waals surface area contributed by atoms with Gasteiger partial charge in [-0.2, -0.15) is 4.31 Å². The van der Waals surface area contributed by atoms with Crippen LogP contribution in [0.1, 0.15) is 44.7 Å². The lowest BCUT2D eigenvalue weighted by molar-refractivity contribution is -0.139. The van der Waals surface area contributed by atoms with Crippen molar-refractivity contribution in [2.75, 3.05) is 18.4 Å². The molecule has 8 nitrogen and oxygen atoms in total. The normalized spacial score (nSPS) is 20.7.